The number of hydrogen-bond acceptors (Lipinski definition) is 9. The van der Waals surface area contributed by atoms with Crippen molar-refractivity contribution in [2.75, 3.05) is 22.8 Å². The Morgan fingerprint density at radius 1 is 1.24 bits per heavy atom. The van der Waals surface area contributed by atoms with Crippen molar-refractivity contribution in [1.82, 2.24) is 9.78 Å². The van der Waals surface area contributed by atoms with Crippen molar-refractivity contribution in [3.05, 3.63) is 24.4 Å². The Morgan fingerprint density at radius 3 is 2.49 bits per heavy atom. The summed E-state index contributed by atoms with van der Waals surface area (Å²) in [7, 11) is -4.88. The number of ketones is 1. The minimum Gasteiger partial charge on any atom is -0.486 e. The third-order valence-electron chi connectivity index (χ3n) is 7.19. The number of halogens is 6. The van der Waals surface area contributed by atoms with Gasteiger partial charge in [0, 0.05) is 12.1 Å². The van der Waals surface area contributed by atoms with E-state index in [2.05, 4.69) is 15.2 Å². The van der Waals surface area contributed by atoms with E-state index in [9.17, 15) is 44.3 Å². The second kappa shape index (κ2) is 12.6. The van der Waals surface area contributed by atoms with Gasteiger partial charge in [-0.25, -0.2) is 22.3 Å². The lowest BCUT2D eigenvalue weighted by Gasteiger charge is -2.41. The van der Waals surface area contributed by atoms with Gasteiger partial charge in [0.2, 0.25) is 5.60 Å². The van der Waals surface area contributed by atoms with Crippen molar-refractivity contribution in [1.29, 1.82) is 0 Å². The second-order valence-electron chi connectivity index (χ2n) is 10.9. The number of carbonyl (C=O) groups excluding carboxylic acids is 2. The highest BCUT2D eigenvalue weighted by Crippen LogP contribution is 2.44. The molecule has 1 saturated carbocycles. The molecular formula is C26H30F6N4O8S. The predicted octanol–water partition coefficient (Wildman–Crippen LogP) is 4.59. The monoisotopic (exact) mass is 672 g/mol. The number of benzene rings is 1. The Hall–Kier alpha value is -3.74. The van der Waals surface area contributed by atoms with E-state index in [1.54, 1.807) is 0 Å². The van der Waals surface area contributed by atoms with Gasteiger partial charge in [-0.2, -0.15) is 22.0 Å². The lowest BCUT2D eigenvalue weighted by molar-refractivity contribution is -0.242. The number of sulfonamides is 1. The normalized spacial score (nSPS) is 21.6. The summed E-state index contributed by atoms with van der Waals surface area (Å²) in [5, 5.41) is 14.7. The number of nitrogens with one attached hydrogen (secondary N) is 1. The molecule has 0 saturated heterocycles. The third kappa shape index (κ3) is 7.23. The number of anilines is 2. The van der Waals surface area contributed by atoms with Crippen LogP contribution < -0.4 is 19.1 Å². The highest BCUT2D eigenvalue weighted by Gasteiger charge is 2.51. The van der Waals surface area contributed by atoms with E-state index in [4.69, 9.17) is 14.6 Å². The van der Waals surface area contributed by atoms with Gasteiger partial charge in [-0.05, 0) is 51.8 Å². The Kier molecular flexibility index (Phi) is 9.54. The number of amides is 1. The second-order valence-corrected chi connectivity index (χ2v) is 12.7. The summed E-state index contributed by atoms with van der Waals surface area (Å²) in [5.41, 5.74) is -3.35. The van der Waals surface area contributed by atoms with Gasteiger partial charge in [0.05, 0.1) is 30.5 Å². The topological polar surface area (TPSA) is 149 Å². The average molecular weight is 673 g/mol. The molecule has 2 aromatic rings. The Bertz CT molecular complexity index is 1530. The number of carbonyl (C=O) groups is 2. The summed E-state index contributed by atoms with van der Waals surface area (Å²) in [6.45, 7) is -1.74. The molecule has 1 aromatic carbocycles. The van der Waals surface area contributed by atoms with Crippen molar-refractivity contribution < 1.29 is 63.7 Å². The Balaban J connectivity index is 1.73. The SMILES string of the molecule is C[C@@H]1[C@H](CCC(=O)[C@H]2C[C@H]2F)Oc2ccc(NC(=O)OC(C)(C)C(F)(F)F)cc2N1S(=O)(=O)c1cn(C(F)F)nc1OCCO. The minimum atomic E-state index is -4.91. The number of alkyl halides is 6. The fraction of sp³-hybridized carbons (Fsp3) is 0.577. The number of hydrogen-bond donors (Lipinski definition) is 2. The van der Waals surface area contributed by atoms with Gasteiger partial charge in [-0.3, -0.25) is 14.4 Å². The number of nitrogens with zero attached hydrogens (tertiary/aromatic N) is 3. The van der Waals surface area contributed by atoms with Crippen LogP contribution in [0, 0.1) is 5.92 Å². The first-order chi connectivity index (χ1) is 20.9. The molecule has 1 aromatic heterocycles. The largest absolute Gasteiger partial charge is 0.486 e. The smallest absolute Gasteiger partial charge is 0.427 e. The number of aromatic nitrogens is 2. The summed E-state index contributed by atoms with van der Waals surface area (Å²) < 4.78 is 125. The first-order valence-electron chi connectivity index (χ1n) is 13.6. The molecule has 1 amide bonds. The molecule has 2 heterocycles. The van der Waals surface area contributed by atoms with E-state index in [-0.39, 0.29) is 46.9 Å². The maximum absolute atomic E-state index is 14.1. The van der Waals surface area contributed by atoms with Crippen molar-refractivity contribution in [3.8, 4) is 11.6 Å². The van der Waals surface area contributed by atoms with Crippen LogP contribution in [-0.2, 0) is 19.6 Å². The summed E-state index contributed by atoms with van der Waals surface area (Å²) >= 11 is 0. The maximum atomic E-state index is 14.1. The van der Waals surface area contributed by atoms with Crippen LogP contribution in [0.25, 0.3) is 0 Å². The van der Waals surface area contributed by atoms with Gasteiger partial charge in [0.1, 0.15) is 30.4 Å². The standard InChI is InChI=1S/C26H30F6N4O8S/c1-13-19(7-5-18(38)15-11-16(15)27)43-20-6-4-14(33-24(39)44-25(2,3)26(30,31)32)10-17(20)36(13)45(40,41)21-12-35(23(28)29)34-22(21)42-9-8-37/h4,6,10,12-13,15-16,19,23,37H,5,7-9,11H2,1-3H3,(H,33,39)/t13-,15+,16-,19+/m1/s1. The van der Waals surface area contributed by atoms with Crippen molar-refractivity contribution in [3.63, 3.8) is 0 Å². The van der Waals surface area contributed by atoms with E-state index in [0.29, 0.717) is 20.0 Å². The van der Waals surface area contributed by atoms with E-state index < -0.39 is 82.7 Å². The molecular weight excluding hydrogens is 642 g/mol. The van der Waals surface area contributed by atoms with Gasteiger partial charge in [-0.15, -0.1) is 5.10 Å². The van der Waals surface area contributed by atoms with Crippen LogP contribution >= 0.6 is 0 Å². The highest BCUT2D eigenvalue weighted by molar-refractivity contribution is 7.93. The lowest BCUT2D eigenvalue weighted by Crippen LogP contribution is -2.51. The molecule has 0 radical (unpaired) electrons. The van der Waals surface area contributed by atoms with Crippen LogP contribution in [0.5, 0.6) is 11.6 Å². The molecule has 4 rings (SSSR count). The molecule has 250 valence electrons. The minimum absolute atomic E-state index is 0.0289. The van der Waals surface area contributed by atoms with Crippen molar-refractivity contribution in [2.45, 2.75) is 81.6 Å². The number of aliphatic hydroxyl groups excluding tert-OH is 1. The molecule has 4 atom stereocenters. The molecule has 1 fully saturated rings. The van der Waals surface area contributed by atoms with Crippen LogP contribution in [0.1, 0.15) is 46.6 Å². The Labute approximate surface area is 253 Å². The van der Waals surface area contributed by atoms with Crippen molar-refractivity contribution >= 4 is 33.3 Å². The van der Waals surface area contributed by atoms with Gasteiger partial charge < -0.3 is 19.3 Å². The van der Waals surface area contributed by atoms with Crippen LogP contribution in [0.3, 0.4) is 0 Å². The van der Waals surface area contributed by atoms with E-state index in [1.807, 2.05) is 0 Å². The number of rotatable bonds is 12. The van der Waals surface area contributed by atoms with Crippen LogP contribution in [0.15, 0.2) is 29.3 Å². The maximum Gasteiger partial charge on any atom is 0.427 e. The fourth-order valence-electron chi connectivity index (χ4n) is 4.53. The zero-order chi connectivity index (χ0) is 33.5. The fourth-order valence-corrected chi connectivity index (χ4v) is 6.28. The molecule has 45 heavy (non-hydrogen) atoms. The summed E-state index contributed by atoms with van der Waals surface area (Å²) in [6, 6.07) is 2.28. The molecule has 2 aliphatic rings. The van der Waals surface area contributed by atoms with Crippen LogP contribution in [0.4, 0.5) is 42.5 Å². The molecule has 0 spiro atoms. The molecule has 2 N–H and O–H groups in total. The van der Waals surface area contributed by atoms with E-state index >= 15 is 0 Å². The lowest BCUT2D eigenvalue weighted by atomic mass is 10.0. The summed E-state index contributed by atoms with van der Waals surface area (Å²) in [5.74, 6) is -2.00. The van der Waals surface area contributed by atoms with Crippen molar-refractivity contribution in [2.24, 2.45) is 5.92 Å². The summed E-state index contributed by atoms with van der Waals surface area (Å²) in [6.07, 6.45) is -8.30. The number of aliphatic hydroxyl groups is 1. The number of fused-ring (bicyclic) bond motifs is 1. The van der Waals surface area contributed by atoms with Crippen LogP contribution in [-0.4, -0.2) is 78.5 Å². The Morgan fingerprint density at radius 2 is 1.91 bits per heavy atom. The quantitative estimate of drug-likeness (QED) is 0.309. The molecule has 0 bridgehead atoms. The molecule has 1 aliphatic carbocycles. The average Bonchev–Trinajstić information content (AvgIpc) is 3.49. The number of ether oxygens (including phenoxy) is 3. The van der Waals surface area contributed by atoms with Gasteiger partial charge in [0.25, 0.3) is 15.9 Å². The van der Waals surface area contributed by atoms with Gasteiger partial charge in [-0.1, -0.05) is 0 Å². The molecule has 1 aliphatic heterocycles. The van der Waals surface area contributed by atoms with E-state index in [1.165, 1.54) is 19.1 Å². The van der Waals surface area contributed by atoms with Gasteiger partial charge in [0.15, 0.2) is 4.90 Å². The summed E-state index contributed by atoms with van der Waals surface area (Å²) in [4.78, 5) is 23.9. The third-order valence-corrected chi connectivity index (χ3v) is 9.08. The van der Waals surface area contributed by atoms with Crippen LogP contribution in [0.2, 0.25) is 0 Å². The van der Waals surface area contributed by atoms with E-state index in [0.717, 1.165) is 10.4 Å². The first kappa shape index (κ1) is 34.1. The molecule has 19 heteroatoms. The zero-order valence-electron chi connectivity index (χ0n) is 24.1. The zero-order valence-corrected chi connectivity index (χ0v) is 24.9. The first-order valence-corrected chi connectivity index (χ1v) is 15.0. The molecule has 0 unspecified atom stereocenters. The highest BCUT2D eigenvalue weighted by atomic mass is 32.2. The number of Topliss-reactive ketones (excluding diaryl/α,β-unsaturated/α-hetero) is 1. The van der Waals surface area contributed by atoms with Gasteiger partial charge >= 0.3 is 18.8 Å². The molecule has 12 nitrogen and oxygen atoms in total. The predicted molar refractivity (Wildman–Crippen MR) is 144 cm³/mol.